The Morgan fingerprint density at radius 3 is 2.79 bits per heavy atom. The van der Waals surface area contributed by atoms with Crippen molar-refractivity contribution in [2.75, 3.05) is 0 Å². The zero-order chi connectivity index (χ0) is 10.3. The van der Waals surface area contributed by atoms with Gasteiger partial charge in [0.1, 0.15) is 5.75 Å². The van der Waals surface area contributed by atoms with Gasteiger partial charge in [-0.05, 0) is 44.2 Å². The van der Waals surface area contributed by atoms with Crippen LogP contribution in [0.1, 0.15) is 36.5 Å². The molecule has 1 aliphatic rings. The van der Waals surface area contributed by atoms with Crippen LogP contribution in [0.2, 0.25) is 0 Å². The van der Waals surface area contributed by atoms with Crippen LogP contribution in [0.5, 0.6) is 5.75 Å². The molecule has 76 valence electrons. The number of benzene rings is 1. The quantitative estimate of drug-likeness (QED) is 0.662. The van der Waals surface area contributed by atoms with Crippen molar-refractivity contribution in [3.63, 3.8) is 0 Å². The highest BCUT2D eigenvalue weighted by atomic mass is 16.3. The number of aliphatic hydroxyl groups is 1. The summed E-state index contributed by atoms with van der Waals surface area (Å²) < 4.78 is 0. The fourth-order valence-corrected chi connectivity index (χ4v) is 2.26. The summed E-state index contributed by atoms with van der Waals surface area (Å²) in [5.41, 5.74) is 1.95. The van der Waals surface area contributed by atoms with E-state index in [0.29, 0.717) is 5.75 Å². The molecule has 1 unspecified atom stereocenters. The summed E-state index contributed by atoms with van der Waals surface area (Å²) in [6, 6.07) is 3.80. The summed E-state index contributed by atoms with van der Waals surface area (Å²) in [5, 5.41) is 20.0. The van der Waals surface area contributed by atoms with E-state index in [-0.39, 0.29) is 0 Å². The van der Waals surface area contributed by atoms with Crippen molar-refractivity contribution in [2.45, 2.75) is 38.7 Å². The molecule has 2 N–H and O–H groups in total. The summed E-state index contributed by atoms with van der Waals surface area (Å²) >= 11 is 0. The minimum atomic E-state index is -0.765. The van der Waals surface area contributed by atoms with Crippen molar-refractivity contribution in [3.05, 3.63) is 28.8 Å². The molecule has 1 aromatic carbocycles. The van der Waals surface area contributed by atoms with Gasteiger partial charge in [0.15, 0.2) is 0 Å². The monoisotopic (exact) mass is 192 g/mol. The number of aromatic hydroxyl groups is 1. The lowest BCUT2D eigenvalue weighted by molar-refractivity contribution is 0.0382. The van der Waals surface area contributed by atoms with E-state index in [1.165, 1.54) is 0 Å². The van der Waals surface area contributed by atoms with Crippen LogP contribution in [0.4, 0.5) is 0 Å². The standard InChI is InChI=1S/C12H16O2/c1-8-5-6-10-9(11(8)13)4-3-7-12(10,2)14/h5-6,13-14H,3-4,7H2,1-2H3. The fraction of sp³-hybridized carbons (Fsp3) is 0.500. The van der Waals surface area contributed by atoms with Crippen LogP contribution in [0, 0.1) is 6.92 Å². The zero-order valence-electron chi connectivity index (χ0n) is 8.67. The summed E-state index contributed by atoms with van der Waals surface area (Å²) in [6.45, 7) is 3.71. The third kappa shape index (κ3) is 1.30. The Bertz CT molecular complexity index is 367. The predicted octanol–water partition coefficient (Wildman–Crippen LogP) is 2.24. The highest BCUT2D eigenvalue weighted by Crippen LogP contribution is 2.39. The van der Waals surface area contributed by atoms with Crippen LogP contribution in [0.15, 0.2) is 12.1 Å². The Morgan fingerprint density at radius 2 is 2.07 bits per heavy atom. The number of hydrogen-bond acceptors (Lipinski definition) is 2. The van der Waals surface area contributed by atoms with Crippen molar-refractivity contribution in [3.8, 4) is 5.75 Å². The third-order valence-corrected chi connectivity index (χ3v) is 3.16. The maximum absolute atomic E-state index is 10.1. The molecule has 14 heavy (non-hydrogen) atoms. The van der Waals surface area contributed by atoms with Gasteiger partial charge in [-0.25, -0.2) is 0 Å². The molecule has 0 bridgehead atoms. The van der Waals surface area contributed by atoms with Crippen LogP contribution >= 0.6 is 0 Å². The summed E-state index contributed by atoms with van der Waals surface area (Å²) in [5.74, 6) is 0.363. The van der Waals surface area contributed by atoms with E-state index in [0.717, 1.165) is 36.0 Å². The van der Waals surface area contributed by atoms with Crippen molar-refractivity contribution < 1.29 is 10.2 Å². The number of fused-ring (bicyclic) bond motifs is 1. The van der Waals surface area contributed by atoms with Crippen molar-refractivity contribution in [2.24, 2.45) is 0 Å². The fourth-order valence-electron chi connectivity index (χ4n) is 2.26. The highest BCUT2D eigenvalue weighted by molar-refractivity contribution is 5.48. The first-order valence-electron chi connectivity index (χ1n) is 5.07. The Labute approximate surface area is 84.2 Å². The number of rotatable bonds is 0. The van der Waals surface area contributed by atoms with Crippen LogP contribution in [-0.4, -0.2) is 10.2 Å². The van der Waals surface area contributed by atoms with Crippen LogP contribution < -0.4 is 0 Å². The van der Waals surface area contributed by atoms with Gasteiger partial charge in [-0.15, -0.1) is 0 Å². The minimum Gasteiger partial charge on any atom is -0.507 e. The molecule has 0 radical (unpaired) electrons. The Kier molecular flexibility index (Phi) is 2.04. The van der Waals surface area contributed by atoms with Crippen LogP contribution in [0.25, 0.3) is 0 Å². The molecule has 0 aliphatic heterocycles. The lowest BCUT2D eigenvalue weighted by atomic mass is 9.79. The van der Waals surface area contributed by atoms with Gasteiger partial charge in [-0.2, -0.15) is 0 Å². The zero-order valence-corrected chi connectivity index (χ0v) is 8.67. The Balaban J connectivity index is 2.62. The summed E-state index contributed by atoms with van der Waals surface area (Å²) in [6.07, 6.45) is 2.60. The van der Waals surface area contributed by atoms with Crippen molar-refractivity contribution in [1.82, 2.24) is 0 Å². The first-order valence-corrected chi connectivity index (χ1v) is 5.07. The van der Waals surface area contributed by atoms with E-state index in [9.17, 15) is 10.2 Å². The second kappa shape index (κ2) is 2.99. The number of hydrogen-bond donors (Lipinski definition) is 2. The van der Waals surface area contributed by atoms with Crippen LogP contribution in [-0.2, 0) is 12.0 Å². The topological polar surface area (TPSA) is 40.5 Å². The number of phenols is 1. The van der Waals surface area contributed by atoms with Gasteiger partial charge in [0.25, 0.3) is 0 Å². The highest BCUT2D eigenvalue weighted by Gasteiger charge is 2.31. The predicted molar refractivity (Wildman–Crippen MR) is 55.4 cm³/mol. The van der Waals surface area contributed by atoms with Gasteiger partial charge >= 0.3 is 0 Å². The average molecular weight is 192 g/mol. The first kappa shape index (κ1) is 9.53. The number of aryl methyl sites for hydroxylation is 1. The van der Waals surface area contributed by atoms with E-state index < -0.39 is 5.60 Å². The lowest BCUT2D eigenvalue weighted by Gasteiger charge is -2.31. The first-order chi connectivity index (χ1) is 6.52. The molecule has 0 fully saturated rings. The SMILES string of the molecule is Cc1ccc2c(c1O)CCCC2(C)O. The third-order valence-electron chi connectivity index (χ3n) is 3.16. The molecule has 1 aromatic rings. The Morgan fingerprint density at radius 1 is 1.36 bits per heavy atom. The smallest absolute Gasteiger partial charge is 0.122 e. The second-order valence-corrected chi connectivity index (χ2v) is 4.38. The molecule has 0 saturated carbocycles. The molecule has 0 saturated heterocycles. The van der Waals surface area contributed by atoms with E-state index in [1.807, 2.05) is 26.0 Å². The molecular formula is C12H16O2. The Hall–Kier alpha value is -1.02. The molecule has 0 aromatic heterocycles. The van der Waals surface area contributed by atoms with E-state index >= 15 is 0 Å². The van der Waals surface area contributed by atoms with Gasteiger partial charge in [0.2, 0.25) is 0 Å². The average Bonchev–Trinajstić information content (AvgIpc) is 2.11. The maximum atomic E-state index is 10.1. The summed E-state index contributed by atoms with van der Waals surface area (Å²) in [7, 11) is 0. The minimum absolute atomic E-state index is 0.363. The molecule has 0 spiro atoms. The molecule has 0 heterocycles. The van der Waals surface area contributed by atoms with Gasteiger partial charge < -0.3 is 10.2 Å². The van der Waals surface area contributed by atoms with E-state index in [2.05, 4.69) is 0 Å². The van der Waals surface area contributed by atoms with E-state index in [4.69, 9.17) is 0 Å². The van der Waals surface area contributed by atoms with Gasteiger partial charge in [0, 0.05) is 5.56 Å². The molecule has 2 nitrogen and oxygen atoms in total. The maximum Gasteiger partial charge on any atom is 0.122 e. The molecule has 1 atom stereocenters. The second-order valence-electron chi connectivity index (χ2n) is 4.38. The number of phenolic OH excluding ortho intramolecular Hbond substituents is 1. The van der Waals surface area contributed by atoms with Gasteiger partial charge in [0.05, 0.1) is 5.60 Å². The molecule has 2 rings (SSSR count). The molecule has 1 aliphatic carbocycles. The lowest BCUT2D eigenvalue weighted by Crippen LogP contribution is -2.26. The van der Waals surface area contributed by atoms with Crippen molar-refractivity contribution >= 4 is 0 Å². The summed E-state index contributed by atoms with van der Waals surface area (Å²) in [4.78, 5) is 0. The largest absolute Gasteiger partial charge is 0.507 e. The molecule has 2 heteroatoms. The van der Waals surface area contributed by atoms with Gasteiger partial charge in [-0.1, -0.05) is 12.1 Å². The normalized spacial score (nSPS) is 25.9. The molecular weight excluding hydrogens is 176 g/mol. The van der Waals surface area contributed by atoms with E-state index in [1.54, 1.807) is 0 Å². The van der Waals surface area contributed by atoms with Crippen LogP contribution in [0.3, 0.4) is 0 Å². The van der Waals surface area contributed by atoms with Gasteiger partial charge in [-0.3, -0.25) is 0 Å². The van der Waals surface area contributed by atoms with Crippen molar-refractivity contribution in [1.29, 1.82) is 0 Å². The molecule has 0 amide bonds.